The van der Waals surface area contributed by atoms with Gasteiger partial charge in [0.25, 0.3) is 5.91 Å². The molecule has 1 fully saturated rings. The van der Waals surface area contributed by atoms with Gasteiger partial charge in [-0.2, -0.15) is 0 Å². The van der Waals surface area contributed by atoms with Crippen LogP contribution in [0, 0.1) is 0 Å². The molecule has 0 saturated carbocycles. The number of likely N-dealkylation sites (tertiary alicyclic amines) is 1. The molecular weight excluding hydrogens is 242 g/mol. The number of β-amino-alcohol motifs (C(OH)–C–C–N with tert-alkyl or cyclic N) is 1. The number of amides is 1. The number of carbonyl (C=O) groups excluding carboxylic acids is 1. The van der Waals surface area contributed by atoms with Crippen LogP contribution >= 0.6 is 0 Å². The highest BCUT2D eigenvalue weighted by Crippen LogP contribution is 2.24. The van der Waals surface area contributed by atoms with Gasteiger partial charge in [0.15, 0.2) is 6.61 Å². The molecule has 0 unspecified atom stereocenters. The summed E-state index contributed by atoms with van der Waals surface area (Å²) < 4.78 is 5.50. The van der Waals surface area contributed by atoms with E-state index in [9.17, 15) is 9.90 Å². The van der Waals surface area contributed by atoms with Gasteiger partial charge in [-0.05, 0) is 30.5 Å². The van der Waals surface area contributed by atoms with E-state index in [0.29, 0.717) is 19.5 Å². The fraction of sp³-hybridized carbons (Fsp3) is 0.533. The van der Waals surface area contributed by atoms with Gasteiger partial charge in [-0.25, -0.2) is 0 Å². The van der Waals surface area contributed by atoms with E-state index >= 15 is 0 Å². The van der Waals surface area contributed by atoms with Crippen LogP contribution in [0.5, 0.6) is 5.75 Å². The Bertz CT molecular complexity index is 452. The zero-order chi connectivity index (χ0) is 13.9. The summed E-state index contributed by atoms with van der Waals surface area (Å²) in [4.78, 5) is 13.5. The van der Waals surface area contributed by atoms with Crippen LogP contribution in [0.25, 0.3) is 0 Å². The first kappa shape index (κ1) is 13.9. The Morgan fingerprint density at radius 3 is 2.79 bits per heavy atom. The van der Waals surface area contributed by atoms with Gasteiger partial charge in [0.1, 0.15) is 5.75 Å². The Labute approximate surface area is 114 Å². The number of carbonyl (C=O) groups is 1. The van der Waals surface area contributed by atoms with E-state index in [-0.39, 0.29) is 12.5 Å². The standard InChI is InChI=1S/C15H21NO3/c1-3-12-6-5-7-13(8-12)19-9-14(17)16-10-15(18,4-2)11-16/h5-8,18H,3-4,9-11H2,1-2H3. The van der Waals surface area contributed by atoms with E-state index in [4.69, 9.17) is 4.74 Å². The molecule has 104 valence electrons. The lowest BCUT2D eigenvalue weighted by molar-refractivity contribution is -0.157. The molecule has 0 aliphatic carbocycles. The van der Waals surface area contributed by atoms with Crippen molar-refractivity contribution in [1.82, 2.24) is 4.90 Å². The quantitative estimate of drug-likeness (QED) is 0.878. The highest BCUT2D eigenvalue weighted by atomic mass is 16.5. The van der Waals surface area contributed by atoms with E-state index < -0.39 is 5.60 Å². The lowest BCUT2D eigenvalue weighted by atomic mass is 9.91. The number of hydrogen-bond donors (Lipinski definition) is 1. The highest BCUT2D eigenvalue weighted by molar-refractivity contribution is 5.79. The number of aliphatic hydroxyl groups is 1. The molecule has 1 aliphatic heterocycles. The molecule has 1 heterocycles. The number of benzene rings is 1. The molecule has 19 heavy (non-hydrogen) atoms. The summed E-state index contributed by atoms with van der Waals surface area (Å²) in [5.74, 6) is 0.652. The molecule has 1 aliphatic rings. The number of ether oxygens (including phenoxy) is 1. The average molecular weight is 263 g/mol. The van der Waals surface area contributed by atoms with Crippen molar-refractivity contribution in [2.45, 2.75) is 32.3 Å². The van der Waals surface area contributed by atoms with Gasteiger partial charge in [-0.3, -0.25) is 4.79 Å². The zero-order valence-corrected chi connectivity index (χ0v) is 11.6. The predicted octanol–water partition coefficient (Wildman–Crippen LogP) is 1.61. The molecule has 0 spiro atoms. The molecule has 0 radical (unpaired) electrons. The fourth-order valence-electron chi connectivity index (χ4n) is 2.16. The Morgan fingerprint density at radius 1 is 1.42 bits per heavy atom. The maximum Gasteiger partial charge on any atom is 0.260 e. The fourth-order valence-corrected chi connectivity index (χ4v) is 2.16. The summed E-state index contributed by atoms with van der Waals surface area (Å²) in [6.07, 6.45) is 1.62. The van der Waals surface area contributed by atoms with Crippen molar-refractivity contribution in [2.24, 2.45) is 0 Å². The van der Waals surface area contributed by atoms with Crippen LogP contribution in [0.2, 0.25) is 0 Å². The third kappa shape index (κ3) is 3.26. The van der Waals surface area contributed by atoms with Crippen molar-refractivity contribution in [1.29, 1.82) is 0 Å². The van der Waals surface area contributed by atoms with Crippen LogP contribution in [0.15, 0.2) is 24.3 Å². The van der Waals surface area contributed by atoms with Gasteiger partial charge < -0.3 is 14.7 Å². The van der Waals surface area contributed by atoms with Crippen molar-refractivity contribution in [3.8, 4) is 5.75 Å². The third-order valence-electron chi connectivity index (χ3n) is 3.65. The number of hydrogen-bond acceptors (Lipinski definition) is 3. The van der Waals surface area contributed by atoms with E-state index in [0.717, 1.165) is 12.2 Å². The molecule has 1 N–H and O–H groups in total. The molecule has 1 aromatic rings. The molecule has 0 atom stereocenters. The summed E-state index contributed by atoms with van der Waals surface area (Å²) in [7, 11) is 0. The Morgan fingerprint density at radius 2 is 2.16 bits per heavy atom. The van der Waals surface area contributed by atoms with E-state index in [2.05, 4.69) is 6.92 Å². The first-order valence-electron chi connectivity index (χ1n) is 6.78. The van der Waals surface area contributed by atoms with Crippen molar-refractivity contribution >= 4 is 5.91 Å². The lowest BCUT2D eigenvalue weighted by Crippen LogP contribution is -2.63. The first-order valence-corrected chi connectivity index (χ1v) is 6.78. The van der Waals surface area contributed by atoms with Gasteiger partial charge in [0.2, 0.25) is 0 Å². The number of rotatable bonds is 5. The second-order valence-corrected chi connectivity index (χ2v) is 5.12. The minimum Gasteiger partial charge on any atom is -0.484 e. The maximum atomic E-state index is 11.8. The molecular formula is C15H21NO3. The SMILES string of the molecule is CCc1cccc(OCC(=O)N2CC(O)(CC)C2)c1. The molecule has 0 bridgehead atoms. The van der Waals surface area contributed by atoms with Crippen molar-refractivity contribution in [3.05, 3.63) is 29.8 Å². The van der Waals surface area contributed by atoms with Crippen molar-refractivity contribution < 1.29 is 14.6 Å². The van der Waals surface area contributed by atoms with Gasteiger partial charge in [0, 0.05) is 0 Å². The Kier molecular flexibility index (Phi) is 4.10. The van der Waals surface area contributed by atoms with Gasteiger partial charge in [-0.15, -0.1) is 0 Å². The molecule has 1 amide bonds. The van der Waals surface area contributed by atoms with E-state index in [1.807, 2.05) is 31.2 Å². The van der Waals surface area contributed by atoms with Crippen LogP contribution in [0.1, 0.15) is 25.8 Å². The van der Waals surface area contributed by atoms with Crippen LogP contribution < -0.4 is 4.74 Å². The largest absolute Gasteiger partial charge is 0.484 e. The first-order chi connectivity index (χ1) is 9.06. The van der Waals surface area contributed by atoms with Crippen LogP contribution in [0.3, 0.4) is 0 Å². The van der Waals surface area contributed by atoms with Gasteiger partial charge >= 0.3 is 0 Å². The Hall–Kier alpha value is -1.55. The van der Waals surface area contributed by atoms with Crippen LogP contribution in [0.4, 0.5) is 0 Å². The van der Waals surface area contributed by atoms with E-state index in [1.54, 1.807) is 4.90 Å². The summed E-state index contributed by atoms with van der Waals surface area (Å²) >= 11 is 0. The molecule has 4 nitrogen and oxygen atoms in total. The monoisotopic (exact) mass is 263 g/mol. The Balaban J connectivity index is 1.81. The second-order valence-electron chi connectivity index (χ2n) is 5.12. The van der Waals surface area contributed by atoms with Crippen LogP contribution in [-0.2, 0) is 11.2 Å². The summed E-state index contributed by atoms with van der Waals surface area (Å²) in [6.45, 7) is 4.87. The summed E-state index contributed by atoms with van der Waals surface area (Å²) in [5.41, 5.74) is 0.506. The average Bonchev–Trinajstić information content (AvgIpc) is 2.41. The molecule has 4 heteroatoms. The molecule has 1 aromatic carbocycles. The normalized spacial score (nSPS) is 16.9. The van der Waals surface area contributed by atoms with Crippen LogP contribution in [-0.4, -0.2) is 41.2 Å². The lowest BCUT2D eigenvalue weighted by Gasteiger charge is -2.45. The van der Waals surface area contributed by atoms with E-state index in [1.165, 1.54) is 5.56 Å². The number of aryl methyl sites for hydroxylation is 1. The highest BCUT2D eigenvalue weighted by Gasteiger charge is 2.41. The summed E-state index contributed by atoms with van der Waals surface area (Å²) in [5, 5.41) is 9.86. The zero-order valence-electron chi connectivity index (χ0n) is 11.6. The molecule has 0 aromatic heterocycles. The minimum absolute atomic E-state index is 0.0347. The maximum absolute atomic E-state index is 11.8. The summed E-state index contributed by atoms with van der Waals surface area (Å²) in [6, 6.07) is 7.76. The minimum atomic E-state index is -0.683. The molecule has 1 saturated heterocycles. The van der Waals surface area contributed by atoms with Gasteiger partial charge in [0.05, 0.1) is 18.7 Å². The topological polar surface area (TPSA) is 49.8 Å². The second kappa shape index (κ2) is 5.61. The number of nitrogens with zero attached hydrogens (tertiary/aromatic N) is 1. The molecule has 2 rings (SSSR count). The third-order valence-corrected chi connectivity index (χ3v) is 3.65. The predicted molar refractivity (Wildman–Crippen MR) is 73.1 cm³/mol. The van der Waals surface area contributed by atoms with Crippen molar-refractivity contribution in [3.63, 3.8) is 0 Å². The van der Waals surface area contributed by atoms with Gasteiger partial charge in [-0.1, -0.05) is 26.0 Å². The van der Waals surface area contributed by atoms with Crippen molar-refractivity contribution in [2.75, 3.05) is 19.7 Å². The smallest absolute Gasteiger partial charge is 0.260 e.